The van der Waals surface area contributed by atoms with E-state index in [-0.39, 0.29) is 18.9 Å². The standard InChI is InChI=1S/C22H24FNO3/c1-14(2)11-12-20(21(23)25)24-22(26)27-13-19-17-9-5-3-7-15(17)16-8-4-6-10-18(16)19/h3-10,14,19-20H,11-13H2,1-2H3,(H,24,26)/t20-/m0/s1. The molecule has 0 aliphatic heterocycles. The average Bonchev–Trinajstić information content (AvgIpc) is 2.97. The smallest absolute Gasteiger partial charge is 0.407 e. The quantitative estimate of drug-likeness (QED) is 0.712. The minimum absolute atomic E-state index is 0.0710. The molecule has 142 valence electrons. The van der Waals surface area contributed by atoms with Crippen LogP contribution in [0, 0.1) is 5.92 Å². The molecule has 0 unspecified atom stereocenters. The van der Waals surface area contributed by atoms with Crippen molar-refractivity contribution in [3.05, 3.63) is 59.7 Å². The zero-order chi connectivity index (χ0) is 19.4. The summed E-state index contributed by atoms with van der Waals surface area (Å²) >= 11 is 0. The van der Waals surface area contributed by atoms with Crippen molar-refractivity contribution in [2.45, 2.75) is 38.6 Å². The van der Waals surface area contributed by atoms with E-state index in [2.05, 4.69) is 17.4 Å². The number of hydrogen-bond acceptors (Lipinski definition) is 3. The van der Waals surface area contributed by atoms with Gasteiger partial charge < -0.3 is 10.1 Å². The van der Waals surface area contributed by atoms with E-state index in [0.717, 1.165) is 22.3 Å². The van der Waals surface area contributed by atoms with E-state index in [1.165, 1.54) is 0 Å². The number of amides is 1. The lowest BCUT2D eigenvalue weighted by atomic mass is 9.98. The van der Waals surface area contributed by atoms with Crippen LogP contribution in [0.3, 0.4) is 0 Å². The third-order valence-corrected chi connectivity index (χ3v) is 4.94. The van der Waals surface area contributed by atoms with Gasteiger partial charge in [0.25, 0.3) is 0 Å². The van der Waals surface area contributed by atoms with Crippen molar-refractivity contribution in [3.8, 4) is 11.1 Å². The summed E-state index contributed by atoms with van der Waals surface area (Å²) in [6.45, 7) is 4.09. The van der Waals surface area contributed by atoms with Gasteiger partial charge in [-0.1, -0.05) is 62.4 Å². The van der Waals surface area contributed by atoms with Gasteiger partial charge in [0, 0.05) is 5.92 Å². The predicted molar refractivity (Wildman–Crippen MR) is 102 cm³/mol. The molecule has 0 radical (unpaired) electrons. The van der Waals surface area contributed by atoms with Crippen molar-refractivity contribution in [2.24, 2.45) is 5.92 Å². The number of ether oxygens (including phenoxy) is 1. The molecule has 1 aliphatic carbocycles. The van der Waals surface area contributed by atoms with Gasteiger partial charge in [0.15, 0.2) is 0 Å². The molecule has 1 atom stereocenters. The number of carbonyl (C=O) groups is 2. The Labute approximate surface area is 158 Å². The monoisotopic (exact) mass is 369 g/mol. The average molecular weight is 369 g/mol. The minimum atomic E-state index is -1.54. The first-order chi connectivity index (χ1) is 13.0. The zero-order valence-corrected chi connectivity index (χ0v) is 15.6. The first kappa shape index (κ1) is 19.1. The molecule has 0 spiro atoms. The molecule has 27 heavy (non-hydrogen) atoms. The number of halogens is 1. The Morgan fingerprint density at radius 3 is 2.07 bits per heavy atom. The number of benzene rings is 2. The maximum Gasteiger partial charge on any atom is 0.407 e. The molecule has 2 aromatic rings. The number of fused-ring (bicyclic) bond motifs is 3. The number of hydrogen-bond donors (Lipinski definition) is 1. The van der Waals surface area contributed by atoms with Crippen molar-refractivity contribution in [1.29, 1.82) is 0 Å². The molecule has 1 amide bonds. The maximum atomic E-state index is 13.2. The second-order valence-electron chi connectivity index (χ2n) is 7.30. The topological polar surface area (TPSA) is 55.4 Å². The summed E-state index contributed by atoms with van der Waals surface area (Å²) in [5.41, 5.74) is 4.47. The fourth-order valence-corrected chi connectivity index (χ4v) is 3.52. The largest absolute Gasteiger partial charge is 0.449 e. The van der Waals surface area contributed by atoms with E-state index in [0.29, 0.717) is 12.3 Å². The van der Waals surface area contributed by atoms with E-state index in [1.54, 1.807) is 0 Å². The van der Waals surface area contributed by atoms with E-state index in [9.17, 15) is 14.0 Å². The van der Waals surface area contributed by atoms with Gasteiger partial charge in [-0.25, -0.2) is 4.79 Å². The van der Waals surface area contributed by atoms with Crippen LogP contribution in [0.25, 0.3) is 11.1 Å². The number of alkyl carbamates (subject to hydrolysis) is 1. The van der Waals surface area contributed by atoms with Gasteiger partial charge in [-0.15, -0.1) is 0 Å². The Morgan fingerprint density at radius 1 is 1.00 bits per heavy atom. The Bertz CT molecular complexity index is 788. The summed E-state index contributed by atoms with van der Waals surface area (Å²) in [5, 5.41) is 2.36. The van der Waals surface area contributed by atoms with Crippen molar-refractivity contribution in [1.82, 2.24) is 5.32 Å². The van der Waals surface area contributed by atoms with Crippen LogP contribution < -0.4 is 5.32 Å². The van der Waals surface area contributed by atoms with Gasteiger partial charge in [0.05, 0.1) is 0 Å². The molecule has 0 aromatic heterocycles. The Balaban J connectivity index is 1.66. The molecule has 2 aromatic carbocycles. The Hall–Kier alpha value is -2.69. The molecule has 1 aliphatic rings. The summed E-state index contributed by atoms with van der Waals surface area (Å²) in [7, 11) is 0. The highest BCUT2D eigenvalue weighted by atomic mass is 19.1. The molecular formula is C22H24FNO3. The number of nitrogens with one attached hydrogen (secondary N) is 1. The summed E-state index contributed by atoms with van der Waals surface area (Å²) < 4.78 is 18.6. The van der Waals surface area contributed by atoms with Gasteiger partial charge >= 0.3 is 12.1 Å². The van der Waals surface area contributed by atoms with Gasteiger partial charge in [-0.2, -0.15) is 4.39 Å². The summed E-state index contributed by atoms with van der Waals surface area (Å²) in [5.74, 6) is 0.245. The lowest BCUT2D eigenvalue weighted by Crippen LogP contribution is -2.40. The number of rotatable bonds is 7. The Morgan fingerprint density at radius 2 is 1.56 bits per heavy atom. The number of carbonyl (C=O) groups excluding carboxylic acids is 2. The van der Waals surface area contributed by atoms with Crippen molar-refractivity contribution >= 4 is 12.1 Å². The van der Waals surface area contributed by atoms with Crippen LogP contribution in [0.2, 0.25) is 0 Å². The molecule has 0 fully saturated rings. The van der Waals surface area contributed by atoms with Crippen LogP contribution in [0.15, 0.2) is 48.5 Å². The van der Waals surface area contributed by atoms with Crippen LogP contribution in [0.4, 0.5) is 9.18 Å². The molecule has 4 nitrogen and oxygen atoms in total. The molecule has 1 N–H and O–H groups in total. The van der Waals surface area contributed by atoms with E-state index in [4.69, 9.17) is 4.74 Å². The van der Waals surface area contributed by atoms with Crippen LogP contribution in [-0.4, -0.2) is 24.8 Å². The molecule has 0 saturated heterocycles. The van der Waals surface area contributed by atoms with Gasteiger partial charge in [-0.05, 0) is 41.0 Å². The van der Waals surface area contributed by atoms with E-state index < -0.39 is 18.2 Å². The summed E-state index contributed by atoms with van der Waals surface area (Å²) in [6.07, 6.45) is 0.137. The van der Waals surface area contributed by atoms with Crippen molar-refractivity contribution in [3.63, 3.8) is 0 Å². The van der Waals surface area contributed by atoms with Crippen LogP contribution in [0.1, 0.15) is 43.7 Å². The first-order valence-corrected chi connectivity index (χ1v) is 9.28. The lowest BCUT2D eigenvalue weighted by molar-refractivity contribution is -0.131. The second-order valence-corrected chi connectivity index (χ2v) is 7.30. The van der Waals surface area contributed by atoms with Gasteiger partial charge in [-0.3, -0.25) is 4.79 Å². The SMILES string of the molecule is CC(C)CC[C@H](NC(=O)OCC1c2ccccc2-c2ccccc21)C(=O)F. The van der Waals surface area contributed by atoms with Crippen LogP contribution >= 0.6 is 0 Å². The summed E-state index contributed by atoms with van der Waals surface area (Å²) in [6, 6.07) is 13.4. The normalized spacial score (nSPS) is 13.8. The van der Waals surface area contributed by atoms with E-state index in [1.807, 2.05) is 50.2 Å². The first-order valence-electron chi connectivity index (χ1n) is 9.28. The van der Waals surface area contributed by atoms with Gasteiger partial charge in [0.2, 0.25) is 0 Å². The molecule has 0 heterocycles. The van der Waals surface area contributed by atoms with Crippen molar-refractivity contribution < 1.29 is 18.7 Å². The lowest BCUT2D eigenvalue weighted by Gasteiger charge is -2.17. The highest BCUT2D eigenvalue weighted by molar-refractivity contribution is 5.81. The maximum absolute atomic E-state index is 13.2. The van der Waals surface area contributed by atoms with Gasteiger partial charge in [0.1, 0.15) is 12.6 Å². The summed E-state index contributed by atoms with van der Waals surface area (Å²) in [4.78, 5) is 23.3. The molecule has 0 saturated carbocycles. The molecule has 5 heteroatoms. The second kappa shape index (κ2) is 8.33. The highest BCUT2D eigenvalue weighted by Gasteiger charge is 2.29. The molecule has 3 rings (SSSR count). The van der Waals surface area contributed by atoms with E-state index >= 15 is 0 Å². The van der Waals surface area contributed by atoms with Crippen molar-refractivity contribution in [2.75, 3.05) is 6.61 Å². The third-order valence-electron chi connectivity index (χ3n) is 4.94. The van der Waals surface area contributed by atoms with Crippen LogP contribution in [0.5, 0.6) is 0 Å². The molecule has 0 bridgehead atoms. The third kappa shape index (κ3) is 4.35. The fraction of sp³-hybridized carbons (Fsp3) is 0.364. The predicted octanol–water partition coefficient (Wildman–Crippen LogP) is 4.83. The fourth-order valence-electron chi connectivity index (χ4n) is 3.52. The van der Waals surface area contributed by atoms with Crippen LogP contribution in [-0.2, 0) is 9.53 Å². The Kier molecular flexibility index (Phi) is 5.89. The molecular weight excluding hydrogens is 345 g/mol. The minimum Gasteiger partial charge on any atom is -0.449 e. The zero-order valence-electron chi connectivity index (χ0n) is 15.6. The highest BCUT2D eigenvalue weighted by Crippen LogP contribution is 2.44.